The molecule has 27 heteroatoms. The van der Waals surface area contributed by atoms with Gasteiger partial charge in [0.15, 0.2) is 17.8 Å². The number of nitrogens with one attached hydrogen (secondary N) is 4. The molecular weight excluding hydrogens is 1050 g/mol. The highest BCUT2D eigenvalue weighted by Crippen LogP contribution is 2.49. The van der Waals surface area contributed by atoms with E-state index in [2.05, 4.69) is 54.0 Å². The van der Waals surface area contributed by atoms with Crippen LogP contribution in [-0.2, 0) is 63.1 Å². The van der Waals surface area contributed by atoms with Gasteiger partial charge in [-0.15, -0.1) is 5.10 Å². The van der Waals surface area contributed by atoms with Crippen LogP contribution in [0.15, 0.2) is 35.5 Å². The number of hydrogen-bond donors (Lipinski definition) is 9. The summed E-state index contributed by atoms with van der Waals surface area (Å²) in [7, 11) is -4.58. The SMILES string of the molecule is CC[N+]1=c2cc3c(cc2CCC1)=Nc1cc2c(cc1O3)N(CCCC(=O)NCCCC[C@H](NC(=O)CNC(=O)[C@H](CCCCn1cc(CO[C@H]3O[C@H](CO)[C@@H](O)[C@H](O)[C@@H]3O)nn1)NC(C)=O)C(N)=O)C(C)(C)CC2CS(=O)(=O)[O-]. The number of amides is 5. The Hall–Kier alpha value is -6.20. The Balaban J connectivity index is 0.825. The standard InChI is InChI=1S/C52H75N11O15S/c1-5-61-17-10-12-31-20-37-41(22-39(31)61)77-42-23-40-34(21-38(42)57-37)32(29-79(73,74)75)24-52(3,4)63(40)19-11-15-44(66)54-16-8-6-13-35(49(53)71)58-45(67)25-55-50(72)36(56-30(2)65)14-7-9-18-62-26-33(59-60-62)28-76-51-48(70)47(69)46(68)43(27-64)78-51/h20-23,26,32,35-36,43,46-48,51,64,68-70H,5-19,24-25,27-29H2,1-4H3,(H6-,53,54,55,56,58,65,66,67,71,72,73,74,75)/t32?,35-,36-,43+,46+,47-,48-,51-/m0/s1. The van der Waals surface area contributed by atoms with Crippen molar-refractivity contribution in [3.8, 4) is 11.5 Å². The lowest BCUT2D eigenvalue weighted by Crippen LogP contribution is -2.59. The molecule has 2 aromatic carbocycles. The van der Waals surface area contributed by atoms with Crippen molar-refractivity contribution < 1.29 is 71.6 Å². The average Bonchev–Trinajstić information content (AvgIpc) is 4.00. The van der Waals surface area contributed by atoms with E-state index in [9.17, 15) is 57.4 Å². The largest absolute Gasteiger partial charge is 0.748 e. The second-order valence-corrected chi connectivity index (χ2v) is 22.7. The Morgan fingerprint density at radius 1 is 0.949 bits per heavy atom. The predicted octanol–water partition coefficient (Wildman–Crippen LogP) is -1.75. The van der Waals surface area contributed by atoms with E-state index in [1.165, 1.54) is 17.2 Å². The van der Waals surface area contributed by atoms with E-state index >= 15 is 0 Å². The molecule has 1 fully saturated rings. The molecule has 0 aliphatic carbocycles. The molecule has 5 amide bonds. The number of carbonyl (C=O) groups excluding carboxylic acids is 5. The van der Waals surface area contributed by atoms with Crippen molar-refractivity contribution >= 4 is 51.0 Å². The number of aliphatic hydroxyl groups is 4. The van der Waals surface area contributed by atoms with Gasteiger partial charge in [-0.3, -0.25) is 28.7 Å². The number of primary amides is 1. The van der Waals surface area contributed by atoms with E-state index in [1.807, 2.05) is 32.0 Å². The Morgan fingerprint density at radius 3 is 2.43 bits per heavy atom. The second-order valence-electron chi connectivity index (χ2n) is 21.2. The van der Waals surface area contributed by atoms with Gasteiger partial charge in [0.25, 0.3) is 0 Å². The first kappa shape index (κ1) is 60.4. The minimum Gasteiger partial charge on any atom is -0.748 e. The van der Waals surface area contributed by atoms with Crippen LogP contribution < -0.4 is 51.9 Å². The van der Waals surface area contributed by atoms with Crippen LogP contribution in [0.2, 0.25) is 0 Å². The number of unbranched alkanes of at least 4 members (excludes halogenated alkanes) is 2. The summed E-state index contributed by atoms with van der Waals surface area (Å²) < 4.78 is 57.7. The molecule has 4 aliphatic rings. The number of hydrogen-bond acceptors (Lipinski definition) is 19. The summed E-state index contributed by atoms with van der Waals surface area (Å²) >= 11 is 0. The number of anilines is 1. The summed E-state index contributed by atoms with van der Waals surface area (Å²) in [4.78, 5) is 70.4. The molecule has 0 spiro atoms. The predicted molar refractivity (Wildman–Crippen MR) is 282 cm³/mol. The average molecular weight is 1130 g/mol. The van der Waals surface area contributed by atoms with Crippen LogP contribution in [-0.4, -0.2) is 171 Å². The topological polar surface area (TPSA) is 375 Å². The van der Waals surface area contributed by atoms with Gasteiger partial charge in [0.1, 0.15) is 66.3 Å². The summed E-state index contributed by atoms with van der Waals surface area (Å²) in [5, 5.41) is 59.9. The molecule has 8 atom stereocenters. The lowest BCUT2D eigenvalue weighted by Gasteiger charge is -2.48. The van der Waals surface area contributed by atoms with Gasteiger partial charge in [-0.1, -0.05) is 5.21 Å². The van der Waals surface area contributed by atoms with Crippen LogP contribution in [0, 0.1) is 0 Å². The van der Waals surface area contributed by atoms with Crippen molar-refractivity contribution in [3.63, 3.8) is 0 Å². The molecule has 1 aromatic heterocycles. The summed E-state index contributed by atoms with van der Waals surface area (Å²) in [6.45, 7) is 9.01. The van der Waals surface area contributed by atoms with Crippen molar-refractivity contribution in [2.45, 2.75) is 166 Å². The first-order valence-corrected chi connectivity index (χ1v) is 28.5. The molecule has 7 rings (SSSR count). The molecule has 4 aliphatic heterocycles. The first-order chi connectivity index (χ1) is 37.5. The fraction of sp³-hybridized carbons (Fsp3) is 0.635. The van der Waals surface area contributed by atoms with Crippen LogP contribution in [0.4, 0.5) is 11.4 Å². The number of aryl methyl sites for hydroxylation is 2. The van der Waals surface area contributed by atoms with Gasteiger partial charge in [0, 0.05) is 73.9 Å². The fourth-order valence-corrected chi connectivity index (χ4v) is 11.5. The molecule has 434 valence electrons. The van der Waals surface area contributed by atoms with Gasteiger partial charge in [-0.2, -0.15) is 0 Å². The van der Waals surface area contributed by atoms with Crippen molar-refractivity contribution in [1.82, 2.24) is 40.8 Å². The third kappa shape index (κ3) is 16.0. The van der Waals surface area contributed by atoms with Crippen LogP contribution in [0.5, 0.6) is 11.5 Å². The Bertz CT molecular complexity index is 2940. The van der Waals surface area contributed by atoms with Crippen LogP contribution in [0.3, 0.4) is 0 Å². The lowest BCUT2D eigenvalue weighted by atomic mass is 9.79. The normalized spacial score (nSPS) is 21.9. The van der Waals surface area contributed by atoms with Crippen molar-refractivity contribution in [3.05, 3.63) is 58.0 Å². The number of aliphatic hydroxyl groups excluding tert-OH is 4. The first-order valence-electron chi connectivity index (χ1n) is 27.0. The van der Waals surface area contributed by atoms with Gasteiger partial charge in [-0.05, 0) is 96.3 Å². The number of carbonyl (C=O) groups is 5. The van der Waals surface area contributed by atoms with Crippen molar-refractivity contribution in [2.75, 3.05) is 50.0 Å². The molecule has 0 saturated carbocycles. The smallest absolute Gasteiger partial charge is 0.243 e. The van der Waals surface area contributed by atoms with Gasteiger partial charge in [0.05, 0.1) is 42.1 Å². The summed E-state index contributed by atoms with van der Waals surface area (Å²) in [5.41, 5.74) is 8.53. The zero-order chi connectivity index (χ0) is 57.2. The molecule has 5 heterocycles. The summed E-state index contributed by atoms with van der Waals surface area (Å²) in [6, 6.07) is 5.77. The number of nitrogens with two attached hydrogens (primary N) is 1. The maximum atomic E-state index is 13.1. The number of nitrogens with zero attached hydrogens (tertiary/aromatic N) is 6. The van der Waals surface area contributed by atoms with E-state index in [-0.39, 0.29) is 31.8 Å². The monoisotopic (exact) mass is 1130 g/mol. The Labute approximate surface area is 457 Å². The number of rotatable bonds is 27. The zero-order valence-electron chi connectivity index (χ0n) is 45.1. The quantitative estimate of drug-likeness (QED) is 0.0182. The minimum absolute atomic E-state index is 0.165. The van der Waals surface area contributed by atoms with Gasteiger partial charge < -0.3 is 71.1 Å². The maximum Gasteiger partial charge on any atom is 0.243 e. The van der Waals surface area contributed by atoms with Crippen molar-refractivity contribution in [1.29, 1.82) is 0 Å². The highest BCUT2D eigenvalue weighted by molar-refractivity contribution is 7.85. The molecule has 79 heavy (non-hydrogen) atoms. The highest BCUT2D eigenvalue weighted by Gasteiger charge is 2.44. The van der Waals surface area contributed by atoms with E-state index < -0.39 is 107 Å². The molecule has 0 radical (unpaired) electrons. The van der Waals surface area contributed by atoms with Crippen LogP contribution >= 0.6 is 0 Å². The molecule has 3 aromatic rings. The van der Waals surface area contributed by atoms with Crippen LogP contribution in [0.25, 0.3) is 0 Å². The van der Waals surface area contributed by atoms with Gasteiger partial charge >= 0.3 is 0 Å². The minimum atomic E-state index is -4.58. The summed E-state index contributed by atoms with van der Waals surface area (Å²) in [6.07, 6.45) is -0.360. The van der Waals surface area contributed by atoms with Crippen molar-refractivity contribution in [2.24, 2.45) is 10.7 Å². The lowest BCUT2D eigenvalue weighted by molar-refractivity contribution is -0.304. The second kappa shape index (κ2) is 26.8. The molecular formula is C52H75N11O15S. The molecule has 26 nitrogen and oxygen atoms in total. The van der Waals surface area contributed by atoms with Gasteiger partial charge in [-0.25, -0.2) is 18.0 Å². The van der Waals surface area contributed by atoms with E-state index in [4.69, 9.17) is 24.9 Å². The zero-order valence-corrected chi connectivity index (χ0v) is 45.9. The number of benzene rings is 2. The Kier molecular flexibility index (Phi) is 20.5. The van der Waals surface area contributed by atoms with Gasteiger partial charge in [0.2, 0.25) is 34.9 Å². The molecule has 1 saturated heterocycles. The summed E-state index contributed by atoms with van der Waals surface area (Å²) in [5.74, 6) is -2.73. The molecule has 10 N–H and O–H groups in total. The Morgan fingerprint density at radius 2 is 1.71 bits per heavy atom. The van der Waals surface area contributed by atoms with Crippen LogP contribution in [0.1, 0.15) is 115 Å². The highest BCUT2D eigenvalue weighted by atomic mass is 32.2. The number of fused-ring (bicyclic) bond motifs is 4. The molecule has 0 bridgehead atoms. The van der Waals surface area contributed by atoms with E-state index in [1.54, 1.807) is 6.20 Å². The molecule has 1 unspecified atom stereocenters. The fourth-order valence-electron chi connectivity index (χ4n) is 10.7. The number of ether oxygens (including phenoxy) is 3. The third-order valence-corrected chi connectivity index (χ3v) is 15.5. The number of aromatic nitrogens is 3. The van der Waals surface area contributed by atoms with E-state index in [0.29, 0.717) is 92.0 Å². The third-order valence-electron chi connectivity index (χ3n) is 14.7. The maximum absolute atomic E-state index is 13.1. The van der Waals surface area contributed by atoms with E-state index in [0.717, 1.165) is 37.0 Å².